The van der Waals surface area contributed by atoms with Crippen LogP contribution in [0.25, 0.3) is 0 Å². The lowest BCUT2D eigenvalue weighted by Crippen LogP contribution is -2.02. The molecule has 0 spiro atoms. The molecule has 0 saturated carbocycles. The number of halogens is 3. The number of hydrogen-bond donors (Lipinski definition) is 1. The fourth-order valence-electron chi connectivity index (χ4n) is 0.647. The fourth-order valence-corrected chi connectivity index (χ4v) is 0.864. The van der Waals surface area contributed by atoms with Gasteiger partial charge in [-0.05, 0) is 0 Å². The monoisotopic (exact) mass is 179 g/mol. The van der Waals surface area contributed by atoms with Crippen LogP contribution in [-0.4, -0.2) is 4.98 Å². The van der Waals surface area contributed by atoms with Crippen LogP contribution in [0.2, 0.25) is 5.15 Å². The van der Waals surface area contributed by atoms with E-state index in [1.165, 1.54) is 0 Å². The third kappa shape index (κ3) is 2.01. The van der Waals surface area contributed by atoms with Crippen LogP contribution in [0.15, 0.2) is 16.9 Å². The average molecular weight is 180 g/mol. The van der Waals surface area contributed by atoms with Gasteiger partial charge in [-0.1, -0.05) is 11.6 Å². The van der Waals surface area contributed by atoms with Gasteiger partial charge in [0.25, 0.3) is 6.43 Å². The number of alkyl halides is 2. The Morgan fingerprint density at radius 2 is 2.09 bits per heavy atom. The third-order valence-corrected chi connectivity index (χ3v) is 1.27. The molecule has 60 valence electrons. The number of aromatic nitrogens is 1. The van der Waals surface area contributed by atoms with Crippen LogP contribution in [0.1, 0.15) is 12.1 Å². The Balaban J connectivity index is 3.19. The predicted octanol–water partition coefficient (Wildman–Crippen LogP) is 1.97. The molecule has 1 rings (SSSR count). The number of nitrogens with one attached hydrogen (secondary N) is 1. The van der Waals surface area contributed by atoms with E-state index in [-0.39, 0.29) is 5.15 Å². The lowest BCUT2D eigenvalue weighted by Gasteiger charge is -1.98. The summed E-state index contributed by atoms with van der Waals surface area (Å²) in [6.45, 7) is 0. The maximum absolute atomic E-state index is 11.9. The Morgan fingerprint density at radius 3 is 2.55 bits per heavy atom. The van der Waals surface area contributed by atoms with Crippen molar-refractivity contribution >= 4 is 11.6 Å². The molecule has 1 heterocycles. The van der Waals surface area contributed by atoms with E-state index in [4.69, 9.17) is 11.6 Å². The molecule has 0 aliphatic heterocycles. The average Bonchev–Trinajstić information content (AvgIpc) is 1.85. The van der Waals surface area contributed by atoms with Crippen molar-refractivity contribution in [2.75, 3.05) is 0 Å². The van der Waals surface area contributed by atoms with Crippen molar-refractivity contribution in [2.45, 2.75) is 6.43 Å². The molecule has 0 amide bonds. The van der Waals surface area contributed by atoms with Crippen LogP contribution in [-0.2, 0) is 0 Å². The van der Waals surface area contributed by atoms with Crippen LogP contribution >= 0.6 is 11.6 Å². The molecule has 1 N–H and O–H groups in total. The van der Waals surface area contributed by atoms with Gasteiger partial charge in [-0.3, -0.25) is 4.79 Å². The summed E-state index contributed by atoms with van der Waals surface area (Å²) in [4.78, 5) is 12.7. The zero-order valence-electron chi connectivity index (χ0n) is 5.27. The van der Waals surface area contributed by atoms with Crippen molar-refractivity contribution in [1.82, 2.24) is 4.98 Å². The van der Waals surface area contributed by atoms with Crippen molar-refractivity contribution in [3.05, 3.63) is 33.2 Å². The van der Waals surface area contributed by atoms with E-state index >= 15 is 0 Å². The van der Waals surface area contributed by atoms with Gasteiger partial charge in [0.15, 0.2) is 5.43 Å². The summed E-state index contributed by atoms with van der Waals surface area (Å²) in [6, 6.07) is 1.85. The maximum Gasteiger partial charge on any atom is 0.278 e. The molecule has 0 atom stereocenters. The summed E-state index contributed by atoms with van der Waals surface area (Å²) in [5.74, 6) is 0. The molecule has 2 nitrogen and oxygen atoms in total. The number of rotatable bonds is 1. The molecular formula is C6H4ClF2NO. The van der Waals surface area contributed by atoms with Crippen molar-refractivity contribution in [3.8, 4) is 0 Å². The first-order valence-corrected chi connectivity index (χ1v) is 3.15. The molecule has 1 aromatic heterocycles. The van der Waals surface area contributed by atoms with E-state index in [1.807, 2.05) is 0 Å². The number of H-pyrrole nitrogens is 1. The summed E-state index contributed by atoms with van der Waals surface area (Å²) in [5, 5.41) is -0.0761. The lowest BCUT2D eigenvalue weighted by atomic mass is 10.3. The predicted molar refractivity (Wildman–Crippen MR) is 37.0 cm³/mol. The number of pyridine rings is 1. The zero-order valence-corrected chi connectivity index (χ0v) is 6.03. The molecule has 0 saturated heterocycles. The maximum atomic E-state index is 11.9. The number of aromatic amines is 1. The molecule has 5 heteroatoms. The summed E-state index contributed by atoms with van der Waals surface area (Å²) >= 11 is 5.31. The van der Waals surface area contributed by atoms with Gasteiger partial charge in [0, 0.05) is 12.1 Å². The highest BCUT2D eigenvalue weighted by molar-refractivity contribution is 6.29. The van der Waals surface area contributed by atoms with Gasteiger partial charge in [-0.15, -0.1) is 0 Å². The fraction of sp³-hybridized carbons (Fsp3) is 0.167. The van der Waals surface area contributed by atoms with Crippen LogP contribution in [0, 0.1) is 0 Å². The first kappa shape index (κ1) is 8.20. The van der Waals surface area contributed by atoms with E-state index in [0.29, 0.717) is 0 Å². The van der Waals surface area contributed by atoms with Crippen molar-refractivity contribution in [2.24, 2.45) is 0 Å². The Hall–Kier alpha value is -0.900. The van der Waals surface area contributed by atoms with Gasteiger partial charge in [0.1, 0.15) is 5.15 Å². The molecule has 0 aliphatic carbocycles. The summed E-state index contributed by atoms with van der Waals surface area (Å²) in [7, 11) is 0. The second kappa shape index (κ2) is 3.00. The highest BCUT2D eigenvalue weighted by Crippen LogP contribution is 2.15. The van der Waals surface area contributed by atoms with Gasteiger partial charge in [-0.25, -0.2) is 8.78 Å². The Labute approximate surface area is 65.8 Å². The van der Waals surface area contributed by atoms with Gasteiger partial charge in [-0.2, -0.15) is 0 Å². The van der Waals surface area contributed by atoms with E-state index in [9.17, 15) is 13.6 Å². The summed E-state index contributed by atoms with van der Waals surface area (Å²) in [5.41, 5.74) is -0.980. The SMILES string of the molecule is O=c1cc(Cl)[nH]c(C(F)F)c1. The van der Waals surface area contributed by atoms with Crippen molar-refractivity contribution < 1.29 is 8.78 Å². The molecule has 0 aliphatic rings. The zero-order chi connectivity index (χ0) is 8.43. The van der Waals surface area contributed by atoms with E-state index < -0.39 is 17.5 Å². The van der Waals surface area contributed by atoms with E-state index in [0.717, 1.165) is 12.1 Å². The minimum absolute atomic E-state index is 0.0761. The normalized spacial score (nSPS) is 10.5. The Morgan fingerprint density at radius 1 is 1.45 bits per heavy atom. The molecule has 0 aromatic carbocycles. The van der Waals surface area contributed by atoms with Crippen molar-refractivity contribution in [3.63, 3.8) is 0 Å². The van der Waals surface area contributed by atoms with Crippen LogP contribution in [0.3, 0.4) is 0 Å². The van der Waals surface area contributed by atoms with Gasteiger partial charge in [0.05, 0.1) is 5.69 Å². The quantitative estimate of drug-likeness (QED) is 0.657. The minimum Gasteiger partial charge on any atom is -0.345 e. The molecule has 11 heavy (non-hydrogen) atoms. The molecule has 0 fully saturated rings. The van der Waals surface area contributed by atoms with Gasteiger partial charge < -0.3 is 4.98 Å². The lowest BCUT2D eigenvalue weighted by molar-refractivity contribution is 0.146. The Kier molecular flexibility index (Phi) is 2.24. The highest BCUT2D eigenvalue weighted by atomic mass is 35.5. The third-order valence-electron chi connectivity index (χ3n) is 1.07. The molecular weight excluding hydrogens is 176 g/mol. The van der Waals surface area contributed by atoms with Crippen LogP contribution < -0.4 is 5.43 Å². The summed E-state index contributed by atoms with van der Waals surface area (Å²) < 4.78 is 23.8. The van der Waals surface area contributed by atoms with Crippen LogP contribution in [0.4, 0.5) is 8.78 Å². The topological polar surface area (TPSA) is 32.9 Å². The largest absolute Gasteiger partial charge is 0.345 e. The second-order valence-electron chi connectivity index (χ2n) is 1.92. The Bertz CT molecular complexity index is 310. The van der Waals surface area contributed by atoms with E-state index in [1.54, 1.807) is 0 Å². The molecule has 0 bridgehead atoms. The summed E-state index contributed by atoms with van der Waals surface area (Å²) in [6.07, 6.45) is -2.69. The van der Waals surface area contributed by atoms with Gasteiger partial charge >= 0.3 is 0 Å². The standard InChI is InChI=1S/C6H4ClF2NO/c7-5-2-3(11)1-4(10-5)6(8)9/h1-2,6H,(H,10,11). The van der Waals surface area contributed by atoms with Crippen molar-refractivity contribution in [1.29, 1.82) is 0 Å². The van der Waals surface area contributed by atoms with Gasteiger partial charge in [0.2, 0.25) is 0 Å². The molecule has 1 aromatic rings. The first-order chi connectivity index (χ1) is 5.09. The molecule has 0 radical (unpaired) electrons. The number of hydrogen-bond acceptors (Lipinski definition) is 1. The highest BCUT2D eigenvalue weighted by Gasteiger charge is 2.07. The first-order valence-electron chi connectivity index (χ1n) is 2.77. The second-order valence-corrected chi connectivity index (χ2v) is 2.33. The smallest absolute Gasteiger partial charge is 0.278 e. The van der Waals surface area contributed by atoms with E-state index in [2.05, 4.69) is 4.98 Å². The van der Waals surface area contributed by atoms with Crippen LogP contribution in [0.5, 0.6) is 0 Å². The minimum atomic E-state index is -2.69. The molecule has 0 unspecified atom stereocenters.